The Labute approximate surface area is 284 Å². The van der Waals surface area contributed by atoms with E-state index in [2.05, 4.69) is 25.9 Å². The van der Waals surface area contributed by atoms with Crippen LogP contribution in [0.3, 0.4) is 0 Å². The first kappa shape index (κ1) is 33.3. The minimum absolute atomic E-state index is 0.0775. The summed E-state index contributed by atoms with van der Waals surface area (Å²) in [5, 5.41) is 22.0. The zero-order valence-corrected chi connectivity index (χ0v) is 28.4. The Balaban J connectivity index is 1.25. The summed E-state index contributed by atoms with van der Waals surface area (Å²) < 4.78 is 31.5. The van der Waals surface area contributed by atoms with E-state index in [1.807, 2.05) is 4.90 Å². The van der Waals surface area contributed by atoms with E-state index < -0.39 is 15.8 Å². The highest BCUT2D eigenvalue weighted by Gasteiger charge is 2.25. The van der Waals surface area contributed by atoms with Crippen LogP contribution in [0.5, 0.6) is 5.75 Å². The molecule has 5 aromatic rings. The third-order valence-electron chi connectivity index (χ3n) is 8.22. The molecule has 1 aliphatic rings. The van der Waals surface area contributed by atoms with Gasteiger partial charge in [-0.1, -0.05) is 11.6 Å². The lowest BCUT2D eigenvalue weighted by atomic mass is 10.0. The molecule has 0 saturated carbocycles. The summed E-state index contributed by atoms with van der Waals surface area (Å²) in [7, 11) is -3.07. The number of rotatable bonds is 10. The molecule has 1 N–H and O–H groups in total. The van der Waals surface area contributed by atoms with Crippen molar-refractivity contribution in [3.8, 4) is 22.9 Å². The number of ether oxygens (including phenoxy) is 1. The number of aryl methyl sites for hydroxylation is 1. The van der Waals surface area contributed by atoms with Crippen LogP contribution in [0.4, 0.5) is 5.82 Å². The maximum Gasteiger partial charge on any atom is 0.338 e. The number of carboxylic acids is 1. The van der Waals surface area contributed by atoms with Crippen LogP contribution in [0.2, 0.25) is 5.02 Å². The lowest BCUT2D eigenvalue weighted by molar-refractivity contribution is 0.0699. The van der Waals surface area contributed by atoms with Gasteiger partial charge in [0, 0.05) is 66.7 Å². The van der Waals surface area contributed by atoms with Crippen molar-refractivity contribution >= 4 is 65.7 Å². The number of aromatic carboxylic acids is 1. The first-order chi connectivity index (χ1) is 22.9. The summed E-state index contributed by atoms with van der Waals surface area (Å²) in [6.45, 7) is 4.58. The Hall–Kier alpha value is -4.62. The second-order valence-electron chi connectivity index (χ2n) is 11.4. The van der Waals surface area contributed by atoms with E-state index in [1.54, 1.807) is 42.8 Å². The van der Waals surface area contributed by atoms with Gasteiger partial charge >= 0.3 is 5.97 Å². The molecule has 0 radical (unpaired) electrons. The maximum absolute atomic E-state index is 13.9. The molecule has 4 aromatic heterocycles. The highest BCUT2D eigenvalue weighted by atomic mass is 35.5. The Morgan fingerprint density at radius 3 is 2.62 bits per heavy atom. The Morgan fingerprint density at radius 1 is 1.15 bits per heavy atom. The van der Waals surface area contributed by atoms with Gasteiger partial charge < -0.3 is 14.7 Å². The Morgan fingerprint density at radius 2 is 1.92 bits per heavy atom. The van der Waals surface area contributed by atoms with Gasteiger partial charge in [0.25, 0.3) is 5.56 Å². The molecule has 5 heterocycles. The zero-order chi connectivity index (χ0) is 34.2. The highest BCUT2D eigenvalue weighted by Crippen LogP contribution is 2.39. The van der Waals surface area contributed by atoms with E-state index in [1.165, 1.54) is 28.4 Å². The molecule has 0 atom stereocenters. The van der Waals surface area contributed by atoms with Gasteiger partial charge in [-0.25, -0.2) is 23.2 Å². The predicted molar refractivity (Wildman–Crippen MR) is 184 cm³/mol. The topological polar surface area (TPSA) is 172 Å². The van der Waals surface area contributed by atoms with Crippen molar-refractivity contribution in [3.63, 3.8) is 0 Å². The number of hydrogen-bond donors (Lipinski definition) is 1. The van der Waals surface area contributed by atoms with Crippen LogP contribution in [0.1, 0.15) is 21.7 Å². The standard InChI is InChI=1S/C32H30ClN7O6S2/c1-19-37-25-17-36-30(39-9-7-38(8-10-39)12-14-48(2,44)45)23(16-34)27(25)31(41)40(19)11-13-46-26-4-3-20(33)15-22(26)21-5-6-35-28-24(32(42)43)18-47-29(21)28/h3-6,15,17-18H,7-14H2,1-2H3,(H,42,43). The first-order valence-electron chi connectivity index (χ1n) is 14.9. The summed E-state index contributed by atoms with van der Waals surface area (Å²) in [4.78, 5) is 43.0. The fraction of sp³-hybridized carbons (Fsp3) is 0.312. The van der Waals surface area contributed by atoms with Crippen molar-refractivity contribution in [3.05, 3.63) is 74.4 Å². The van der Waals surface area contributed by atoms with Gasteiger partial charge in [0.2, 0.25) is 0 Å². The smallest absolute Gasteiger partial charge is 0.338 e. The van der Waals surface area contributed by atoms with Crippen LogP contribution in [0, 0.1) is 18.3 Å². The molecule has 0 unspecified atom stereocenters. The summed E-state index contributed by atoms with van der Waals surface area (Å²) in [6, 6.07) is 9.09. The molecule has 13 nitrogen and oxygen atoms in total. The van der Waals surface area contributed by atoms with Crippen LogP contribution >= 0.6 is 22.9 Å². The van der Waals surface area contributed by atoms with Gasteiger partial charge in [-0.3, -0.25) is 19.2 Å². The minimum Gasteiger partial charge on any atom is -0.491 e. The van der Waals surface area contributed by atoms with Crippen LogP contribution in [-0.2, 0) is 16.4 Å². The van der Waals surface area contributed by atoms with Crippen LogP contribution in [-0.4, -0.2) is 95.3 Å². The molecule has 6 rings (SSSR count). The summed E-state index contributed by atoms with van der Waals surface area (Å²) in [6.07, 6.45) is 4.27. The van der Waals surface area contributed by atoms with Crippen molar-refractivity contribution in [2.75, 3.05) is 56.2 Å². The second kappa shape index (κ2) is 13.5. The zero-order valence-electron chi connectivity index (χ0n) is 26.0. The van der Waals surface area contributed by atoms with E-state index in [0.717, 1.165) is 0 Å². The monoisotopic (exact) mass is 707 g/mol. The predicted octanol–water partition coefficient (Wildman–Crippen LogP) is 3.85. The lowest BCUT2D eigenvalue weighted by Crippen LogP contribution is -2.48. The van der Waals surface area contributed by atoms with Crippen molar-refractivity contribution in [1.29, 1.82) is 5.26 Å². The number of sulfone groups is 1. The first-order valence-corrected chi connectivity index (χ1v) is 18.2. The number of anilines is 1. The van der Waals surface area contributed by atoms with Gasteiger partial charge in [0.05, 0.1) is 45.2 Å². The molecule has 0 amide bonds. The summed E-state index contributed by atoms with van der Waals surface area (Å²) in [5.74, 6) is 0.323. The normalized spacial score (nSPS) is 14.0. The van der Waals surface area contributed by atoms with Crippen LogP contribution in [0.15, 0.2) is 46.8 Å². The number of nitriles is 1. The van der Waals surface area contributed by atoms with Crippen LogP contribution < -0.4 is 15.2 Å². The molecule has 1 saturated heterocycles. The molecule has 1 fully saturated rings. The quantitative estimate of drug-likeness (QED) is 0.223. The number of carboxylic acid groups (broad SMARTS) is 1. The number of nitrogens with zero attached hydrogens (tertiary/aromatic N) is 7. The minimum atomic E-state index is -3.07. The van der Waals surface area contributed by atoms with E-state index in [0.29, 0.717) is 82.0 Å². The number of hydrogen-bond acceptors (Lipinski definition) is 12. The molecule has 48 heavy (non-hydrogen) atoms. The van der Waals surface area contributed by atoms with E-state index in [-0.39, 0.29) is 41.0 Å². The number of halogens is 1. The van der Waals surface area contributed by atoms with Gasteiger partial charge in [-0.15, -0.1) is 11.3 Å². The largest absolute Gasteiger partial charge is 0.491 e. The number of carbonyl (C=O) groups is 1. The summed E-state index contributed by atoms with van der Waals surface area (Å²) in [5.41, 5.74) is 1.92. The molecule has 1 aliphatic heterocycles. The van der Waals surface area contributed by atoms with Crippen LogP contribution in [0.25, 0.3) is 32.2 Å². The third kappa shape index (κ3) is 6.70. The fourth-order valence-electron chi connectivity index (χ4n) is 5.78. The van der Waals surface area contributed by atoms with Crippen molar-refractivity contribution in [2.45, 2.75) is 13.5 Å². The lowest BCUT2D eigenvalue weighted by Gasteiger charge is -2.35. The molecule has 16 heteroatoms. The molecule has 0 bridgehead atoms. The molecular weight excluding hydrogens is 678 g/mol. The number of aromatic nitrogens is 4. The second-order valence-corrected chi connectivity index (χ2v) is 15.0. The van der Waals surface area contributed by atoms with Gasteiger partial charge in [0.15, 0.2) is 0 Å². The van der Waals surface area contributed by atoms with Crippen molar-refractivity contribution in [2.24, 2.45) is 0 Å². The van der Waals surface area contributed by atoms with E-state index >= 15 is 0 Å². The Bertz CT molecular complexity index is 2280. The van der Waals surface area contributed by atoms with E-state index in [4.69, 9.17) is 16.3 Å². The van der Waals surface area contributed by atoms with Crippen molar-refractivity contribution in [1.82, 2.24) is 24.4 Å². The SMILES string of the molecule is Cc1nc2cnc(N3CCN(CCS(C)(=O)=O)CC3)c(C#N)c2c(=O)n1CCOc1ccc(Cl)cc1-c1ccnc2c(C(=O)O)csc12. The summed E-state index contributed by atoms with van der Waals surface area (Å²) >= 11 is 7.63. The number of pyridine rings is 2. The molecule has 0 aliphatic carbocycles. The number of thiophene rings is 1. The number of fused-ring (bicyclic) bond motifs is 2. The molecule has 1 aromatic carbocycles. The fourth-order valence-corrected chi connectivity index (χ4v) is 7.57. The number of benzene rings is 1. The Kier molecular flexibility index (Phi) is 9.35. The molecule has 0 spiro atoms. The van der Waals surface area contributed by atoms with Gasteiger partial charge in [-0.2, -0.15) is 5.26 Å². The average molecular weight is 708 g/mol. The maximum atomic E-state index is 13.9. The number of piperazine rings is 1. The molecule has 248 valence electrons. The average Bonchev–Trinajstić information content (AvgIpc) is 3.50. The van der Waals surface area contributed by atoms with Gasteiger partial charge in [0.1, 0.15) is 45.5 Å². The van der Waals surface area contributed by atoms with E-state index in [9.17, 15) is 28.4 Å². The van der Waals surface area contributed by atoms with Crippen molar-refractivity contribution < 1.29 is 23.1 Å². The van der Waals surface area contributed by atoms with Gasteiger partial charge in [-0.05, 0) is 31.2 Å². The molecular formula is C32H30ClN7O6S2. The highest BCUT2D eigenvalue weighted by molar-refractivity contribution is 7.90. The third-order valence-corrected chi connectivity index (χ3v) is 10.4.